The van der Waals surface area contributed by atoms with E-state index in [1.165, 1.54) is 23.3 Å². The number of benzene rings is 2. The lowest BCUT2D eigenvalue weighted by Gasteiger charge is -2.09. The zero-order chi connectivity index (χ0) is 13.0. The number of amides is 1. The molecule has 2 aromatic carbocycles. The van der Waals surface area contributed by atoms with Crippen molar-refractivity contribution in [2.24, 2.45) is 0 Å². The van der Waals surface area contributed by atoms with Crippen molar-refractivity contribution >= 4 is 16.7 Å². The van der Waals surface area contributed by atoms with Crippen LogP contribution in [-0.2, 0) is 11.2 Å². The molecule has 94 valence electrons. The number of nitrogens with one attached hydrogen (secondary N) is 1. The average molecular weight is 243 g/mol. The smallest absolute Gasteiger partial charge is 0.248 e. The molecule has 1 atom stereocenters. The molecule has 0 fully saturated rings. The molecule has 0 radical (unpaired) electrons. The molecule has 0 saturated heterocycles. The van der Waals surface area contributed by atoms with E-state index in [9.17, 15) is 4.79 Å². The Bertz CT molecular complexity index is 544. The zero-order valence-electron chi connectivity index (χ0n) is 10.4. The van der Waals surface area contributed by atoms with Gasteiger partial charge in [-0.25, -0.2) is 0 Å². The van der Waals surface area contributed by atoms with Gasteiger partial charge < -0.3 is 10.4 Å². The fourth-order valence-electron chi connectivity index (χ4n) is 1.98. The van der Waals surface area contributed by atoms with Crippen molar-refractivity contribution in [3.63, 3.8) is 0 Å². The Hall–Kier alpha value is -1.87. The molecule has 2 aromatic rings. The molecule has 3 heteroatoms. The van der Waals surface area contributed by atoms with E-state index >= 15 is 0 Å². The Kier molecular flexibility index (Phi) is 3.95. The van der Waals surface area contributed by atoms with Gasteiger partial charge in [0.05, 0.1) is 0 Å². The Morgan fingerprint density at radius 3 is 2.72 bits per heavy atom. The third kappa shape index (κ3) is 2.87. The summed E-state index contributed by atoms with van der Waals surface area (Å²) in [4.78, 5) is 11.2. The maximum atomic E-state index is 11.2. The maximum Gasteiger partial charge on any atom is 0.248 e. The minimum atomic E-state index is -0.947. The van der Waals surface area contributed by atoms with Crippen molar-refractivity contribution in [1.82, 2.24) is 5.32 Å². The lowest BCUT2D eigenvalue weighted by Crippen LogP contribution is -2.33. The van der Waals surface area contributed by atoms with E-state index in [1.54, 1.807) is 0 Å². The Morgan fingerprint density at radius 2 is 1.94 bits per heavy atom. The monoisotopic (exact) mass is 243 g/mol. The quantitative estimate of drug-likeness (QED) is 0.861. The van der Waals surface area contributed by atoms with Crippen LogP contribution in [0.4, 0.5) is 0 Å². The molecule has 0 spiro atoms. The summed E-state index contributed by atoms with van der Waals surface area (Å²) in [6, 6.07) is 14.4. The molecule has 2 rings (SSSR count). The predicted octanol–water partition coefficient (Wildman–Crippen LogP) is 1.88. The number of carbonyl (C=O) groups is 1. The van der Waals surface area contributed by atoms with E-state index in [0.717, 1.165) is 6.42 Å². The standard InChI is InChI=1S/C15H17NO2/c1-11(17)15(18)16-10-9-13-7-4-6-12-5-2-3-8-14(12)13/h2-8,11,17H,9-10H2,1H3,(H,16,18). The minimum Gasteiger partial charge on any atom is -0.384 e. The topological polar surface area (TPSA) is 49.3 Å². The molecule has 1 unspecified atom stereocenters. The van der Waals surface area contributed by atoms with Crippen LogP contribution < -0.4 is 5.32 Å². The summed E-state index contributed by atoms with van der Waals surface area (Å²) in [7, 11) is 0. The average Bonchev–Trinajstić information content (AvgIpc) is 2.38. The number of hydrogen-bond acceptors (Lipinski definition) is 2. The Morgan fingerprint density at radius 1 is 1.22 bits per heavy atom. The lowest BCUT2D eigenvalue weighted by atomic mass is 10.0. The first kappa shape index (κ1) is 12.6. The summed E-state index contributed by atoms with van der Waals surface area (Å²) in [6.45, 7) is 2.00. The van der Waals surface area contributed by atoms with Gasteiger partial charge in [-0.05, 0) is 29.7 Å². The second-order valence-corrected chi connectivity index (χ2v) is 4.36. The number of carbonyl (C=O) groups excluding carboxylic acids is 1. The van der Waals surface area contributed by atoms with Crippen LogP contribution in [0, 0.1) is 0 Å². The van der Waals surface area contributed by atoms with Gasteiger partial charge in [-0.1, -0.05) is 42.5 Å². The van der Waals surface area contributed by atoms with E-state index < -0.39 is 6.10 Å². The maximum absolute atomic E-state index is 11.2. The molecular weight excluding hydrogens is 226 g/mol. The third-order valence-corrected chi connectivity index (χ3v) is 2.95. The SMILES string of the molecule is CC(O)C(=O)NCCc1cccc2ccccc12. The highest BCUT2D eigenvalue weighted by atomic mass is 16.3. The molecule has 18 heavy (non-hydrogen) atoms. The fraction of sp³-hybridized carbons (Fsp3) is 0.267. The van der Waals surface area contributed by atoms with Gasteiger partial charge in [-0.15, -0.1) is 0 Å². The van der Waals surface area contributed by atoms with Crippen LogP contribution in [0.3, 0.4) is 0 Å². The highest BCUT2D eigenvalue weighted by Crippen LogP contribution is 2.18. The first-order chi connectivity index (χ1) is 8.68. The summed E-state index contributed by atoms with van der Waals surface area (Å²) in [5, 5.41) is 14.2. The van der Waals surface area contributed by atoms with Crippen LogP contribution in [0.5, 0.6) is 0 Å². The van der Waals surface area contributed by atoms with Crippen molar-refractivity contribution in [3.05, 3.63) is 48.0 Å². The van der Waals surface area contributed by atoms with Gasteiger partial charge in [0.25, 0.3) is 0 Å². The van der Waals surface area contributed by atoms with Gasteiger partial charge in [0.15, 0.2) is 0 Å². The van der Waals surface area contributed by atoms with Gasteiger partial charge in [0, 0.05) is 6.54 Å². The molecule has 3 nitrogen and oxygen atoms in total. The van der Waals surface area contributed by atoms with Crippen molar-refractivity contribution < 1.29 is 9.90 Å². The number of aliphatic hydroxyl groups is 1. The molecule has 0 aliphatic carbocycles. The normalized spacial score (nSPS) is 12.3. The molecule has 0 aliphatic rings. The molecule has 0 saturated carbocycles. The number of rotatable bonds is 4. The Balaban J connectivity index is 2.06. The van der Waals surface area contributed by atoms with Crippen LogP contribution in [0.2, 0.25) is 0 Å². The first-order valence-electron chi connectivity index (χ1n) is 6.11. The van der Waals surface area contributed by atoms with E-state index in [1.807, 2.05) is 18.2 Å². The largest absolute Gasteiger partial charge is 0.384 e. The van der Waals surface area contributed by atoms with Crippen LogP contribution in [0.25, 0.3) is 10.8 Å². The van der Waals surface area contributed by atoms with Crippen molar-refractivity contribution in [3.8, 4) is 0 Å². The summed E-state index contributed by atoms with van der Waals surface area (Å²) in [5.41, 5.74) is 1.21. The second kappa shape index (κ2) is 5.65. The van der Waals surface area contributed by atoms with Crippen molar-refractivity contribution in [2.75, 3.05) is 6.54 Å². The molecule has 0 heterocycles. The van der Waals surface area contributed by atoms with Gasteiger partial charge >= 0.3 is 0 Å². The van der Waals surface area contributed by atoms with E-state index in [2.05, 4.69) is 29.6 Å². The molecule has 0 aliphatic heterocycles. The van der Waals surface area contributed by atoms with Crippen LogP contribution in [-0.4, -0.2) is 23.7 Å². The van der Waals surface area contributed by atoms with Gasteiger partial charge in [-0.3, -0.25) is 4.79 Å². The van der Waals surface area contributed by atoms with E-state index in [4.69, 9.17) is 5.11 Å². The number of aliphatic hydroxyl groups excluding tert-OH is 1. The molecule has 1 amide bonds. The number of fused-ring (bicyclic) bond motifs is 1. The molecule has 2 N–H and O–H groups in total. The molecular formula is C15H17NO2. The van der Waals surface area contributed by atoms with E-state index in [0.29, 0.717) is 6.54 Å². The summed E-state index contributed by atoms with van der Waals surface area (Å²) in [5.74, 6) is -0.324. The van der Waals surface area contributed by atoms with Gasteiger partial charge in [-0.2, -0.15) is 0 Å². The summed E-state index contributed by atoms with van der Waals surface area (Å²) < 4.78 is 0. The molecule has 0 aromatic heterocycles. The van der Waals surface area contributed by atoms with Crippen LogP contribution in [0.15, 0.2) is 42.5 Å². The van der Waals surface area contributed by atoms with Crippen molar-refractivity contribution in [1.29, 1.82) is 0 Å². The Labute approximate surface area is 106 Å². The van der Waals surface area contributed by atoms with Crippen LogP contribution >= 0.6 is 0 Å². The van der Waals surface area contributed by atoms with Gasteiger partial charge in [0.1, 0.15) is 6.10 Å². The lowest BCUT2D eigenvalue weighted by molar-refractivity contribution is -0.128. The van der Waals surface area contributed by atoms with E-state index in [-0.39, 0.29) is 5.91 Å². The zero-order valence-corrected chi connectivity index (χ0v) is 10.4. The van der Waals surface area contributed by atoms with Crippen molar-refractivity contribution in [2.45, 2.75) is 19.4 Å². The highest BCUT2D eigenvalue weighted by Gasteiger charge is 2.07. The first-order valence-corrected chi connectivity index (χ1v) is 6.11. The molecule has 0 bridgehead atoms. The minimum absolute atomic E-state index is 0.324. The summed E-state index contributed by atoms with van der Waals surface area (Å²) in [6.07, 6.45) is -0.183. The van der Waals surface area contributed by atoms with Gasteiger partial charge in [0.2, 0.25) is 5.91 Å². The highest BCUT2D eigenvalue weighted by molar-refractivity contribution is 5.85. The number of hydrogen-bond donors (Lipinski definition) is 2. The van der Waals surface area contributed by atoms with Crippen LogP contribution in [0.1, 0.15) is 12.5 Å². The third-order valence-electron chi connectivity index (χ3n) is 2.95. The summed E-state index contributed by atoms with van der Waals surface area (Å²) >= 11 is 0. The predicted molar refractivity (Wildman–Crippen MR) is 72.3 cm³/mol. The second-order valence-electron chi connectivity index (χ2n) is 4.36. The fourth-order valence-corrected chi connectivity index (χ4v) is 1.98.